The Morgan fingerprint density at radius 1 is 1.21 bits per heavy atom. The lowest BCUT2D eigenvalue weighted by Crippen LogP contribution is -2.27. The zero-order valence-corrected chi connectivity index (χ0v) is 17.7. The van der Waals surface area contributed by atoms with Gasteiger partial charge in [0.2, 0.25) is 0 Å². The van der Waals surface area contributed by atoms with E-state index in [9.17, 15) is 9.59 Å². The largest absolute Gasteiger partial charge is 0.468 e. The monoisotopic (exact) mass is 442 g/mol. The van der Waals surface area contributed by atoms with Crippen LogP contribution in [0.25, 0.3) is 17.0 Å². The fourth-order valence-electron chi connectivity index (χ4n) is 3.15. The first-order chi connectivity index (χ1) is 14.0. The molecule has 0 saturated carbocycles. The molecule has 0 N–H and O–H groups in total. The quantitative estimate of drug-likeness (QED) is 0.327. The smallest absolute Gasteiger partial charge is 0.325 e. The van der Waals surface area contributed by atoms with Crippen molar-refractivity contribution in [3.8, 4) is 0 Å². The van der Waals surface area contributed by atoms with E-state index in [1.165, 1.54) is 23.8 Å². The third kappa shape index (κ3) is 3.81. The highest BCUT2D eigenvalue weighted by Crippen LogP contribution is 2.37. The van der Waals surface area contributed by atoms with Crippen LogP contribution >= 0.6 is 35.6 Å². The Balaban J connectivity index is 1.72. The number of amides is 1. The van der Waals surface area contributed by atoms with Crippen LogP contribution in [0.1, 0.15) is 5.56 Å². The first-order valence-corrected chi connectivity index (χ1v) is 10.3. The molecule has 0 spiro atoms. The van der Waals surface area contributed by atoms with E-state index in [0.29, 0.717) is 19.9 Å². The Morgan fingerprint density at radius 3 is 2.66 bits per heavy atom. The number of carbonyl (C=O) groups excluding carboxylic acids is 2. The van der Waals surface area contributed by atoms with Gasteiger partial charge in [-0.2, -0.15) is 0 Å². The van der Waals surface area contributed by atoms with Gasteiger partial charge >= 0.3 is 5.97 Å². The van der Waals surface area contributed by atoms with Crippen molar-refractivity contribution in [3.63, 3.8) is 0 Å². The molecule has 2 heterocycles. The van der Waals surface area contributed by atoms with Crippen molar-refractivity contribution in [1.82, 2.24) is 4.57 Å². The van der Waals surface area contributed by atoms with Crippen LogP contribution in [0.3, 0.4) is 0 Å². The number of nitrogens with zero attached hydrogens (tertiary/aromatic N) is 2. The van der Waals surface area contributed by atoms with Crippen LogP contribution in [0, 0.1) is 0 Å². The minimum Gasteiger partial charge on any atom is -0.468 e. The first-order valence-electron chi connectivity index (χ1n) is 8.66. The summed E-state index contributed by atoms with van der Waals surface area (Å²) in [6.07, 6.45) is 3.65. The van der Waals surface area contributed by atoms with Gasteiger partial charge in [-0.15, -0.1) is 0 Å². The zero-order chi connectivity index (χ0) is 20.5. The molecule has 4 rings (SSSR count). The van der Waals surface area contributed by atoms with Gasteiger partial charge in [0.05, 0.1) is 17.7 Å². The van der Waals surface area contributed by atoms with Crippen molar-refractivity contribution in [3.05, 3.63) is 70.2 Å². The van der Waals surface area contributed by atoms with E-state index in [4.69, 9.17) is 28.6 Å². The Bertz CT molecular complexity index is 1170. The van der Waals surface area contributed by atoms with Crippen LogP contribution in [0.4, 0.5) is 5.69 Å². The Kier molecular flexibility index (Phi) is 5.45. The molecule has 0 bridgehead atoms. The highest BCUT2D eigenvalue weighted by Gasteiger charge is 2.33. The molecule has 1 aliphatic heterocycles. The Labute approximate surface area is 181 Å². The van der Waals surface area contributed by atoms with Gasteiger partial charge in [-0.3, -0.25) is 14.5 Å². The second kappa shape index (κ2) is 8.02. The molecule has 3 aromatic rings. The van der Waals surface area contributed by atoms with E-state index in [-0.39, 0.29) is 18.4 Å². The number of ether oxygens (including phenoxy) is 1. The van der Waals surface area contributed by atoms with E-state index >= 15 is 0 Å². The molecule has 5 nitrogen and oxygen atoms in total. The van der Waals surface area contributed by atoms with Gasteiger partial charge in [-0.25, -0.2) is 0 Å². The number of benzene rings is 2. The molecule has 0 aliphatic carbocycles. The second-order valence-corrected chi connectivity index (χ2v) is 8.41. The third-order valence-electron chi connectivity index (χ3n) is 4.51. The molecule has 0 unspecified atom stereocenters. The molecule has 8 heteroatoms. The molecule has 1 saturated heterocycles. The lowest BCUT2D eigenvalue weighted by Gasteiger charge is -2.14. The van der Waals surface area contributed by atoms with Crippen molar-refractivity contribution in [2.45, 2.75) is 6.54 Å². The van der Waals surface area contributed by atoms with Gasteiger partial charge in [0.1, 0.15) is 6.54 Å². The number of halogens is 1. The van der Waals surface area contributed by atoms with Crippen LogP contribution in [-0.4, -0.2) is 27.9 Å². The predicted molar refractivity (Wildman–Crippen MR) is 121 cm³/mol. The predicted octanol–water partition coefficient (Wildman–Crippen LogP) is 4.87. The minimum atomic E-state index is -0.341. The molecule has 1 aliphatic rings. The number of hydrogen-bond acceptors (Lipinski definition) is 5. The van der Waals surface area contributed by atoms with Crippen LogP contribution in [-0.2, 0) is 20.9 Å². The summed E-state index contributed by atoms with van der Waals surface area (Å²) in [5, 5.41) is 1.53. The van der Waals surface area contributed by atoms with Gasteiger partial charge in [-0.05, 0) is 36.4 Å². The van der Waals surface area contributed by atoms with E-state index in [0.717, 1.165) is 16.5 Å². The number of aromatic nitrogens is 1. The van der Waals surface area contributed by atoms with Crippen molar-refractivity contribution < 1.29 is 14.3 Å². The Hall–Kier alpha value is -2.61. The summed E-state index contributed by atoms with van der Waals surface area (Å²) in [5.41, 5.74) is 2.40. The van der Waals surface area contributed by atoms with E-state index < -0.39 is 0 Å². The van der Waals surface area contributed by atoms with Crippen LogP contribution < -0.4 is 4.90 Å². The van der Waals surface area contributed by atoms with Gasteiger partial charge < -0.3 is 9.30 Å². The average Bonchev–Trinajstić information content (AvgIpc) is 3.20. The maximum absolute atomic E-state index is 13.0. The first kappa shape index (κ1) is 19.7. The van der Waals surface area contributed by atoms with Crippen molar-refractivity contribution in [1.29, 1.82) is 0 Å². The zero-order valence-electron chi connectivity index (χ0n) is 15.3. The molecule has 2 aromatic carbocycles. The van der Waals surface area contributed by atoms with E-state index in [1.54, 1.807) is 24.3 Å². The summed E-state index contributed by atoms with van der Waals surface area (Å²) in [5.74, 6) is -0.529. The molecule has 1 amide bonds. The lowest BCUT2D eigenvalue weighted by molar-refractivity contribution is -0.141. The fourth-order valence-corrected chi connectivity index (χ4v) is 4.56. The summed E-state index contributed by atoms with van der Waals surface area (Å²) in [6.45, 7) is 0.0938. The molecular formula is C21H15ClN2O3S2. The van der Waals surface area contributed by atoms with Crippen molar-refractivity contribution in [2.24, 2.45) is 0 Å². The Morgan fingerprint density at radius 2 is 1.93 bits per heavy atom. The minimum absolute atomic E-state index is 0.0938. The van der Waals surface area contributed by atoms with E-state index in [1.807, 2.05) is 41.1 Å². The number of carbonyl (C=O) groups is 2. The highest BCUT2D eigenvalue weighted by atomic mass is 35.5. The number of thioether (sulfide) groups is 1. The number of fused-ring (bicyclic) bond motifs is 1. The number of rotatable bonds is 4. The fraction of sp³-hybridized carbons (Fsp3) is 0.0952. The molecule has 1 aromatic heterocycles. The number of anilines is 1. The topological polar surface area (TPSA) is 51.5 Å². The molecule has 146 valence electrons. The normalized spacial score (nSPS) is 15.5. The van der Waals surface area contributed by atoms with Gasteiger partial charge in [0, 0.05) is 27.7 Å². The number of hydrogen-bond donors (Lipinski definition) is 0. The number of methoxy groups -OCH3 is 1. The molecule has 1 fully saturated rings. The van der Waals surface area contributed by atoms with Crippen molar-refractivity contribution >= 4 is 74.4 Å². The molecular weight excluding hydrogens is 428 g/mol. The maximum Gasteiger partial charge on any atom is 0.325 e. The molecule has 0 radical (unpaired) electrons. The van der Waals surface area contributed by atoms with E-state index in [2.05, 4.69) is 0 Å². The summed E-state index contributed by atoms with van der Waals surface area (Å²) >= 11 is 12.6. The lowest BCUT2D eigenvalue weighted by atomic mass is 10.1. The molecule has 29 heavy (non-hydrogen) atoms. The molecule has 0 atom stereocenters. The number of para-hydroxylation sites is 1. The van der Waals surface area contributed by atoms with Crippen LogP contribution in [0.5, 0.6) is 0 Å². The third-order valence-corrected chi connectivity index (χ3v) is 6.07. The van der Waals surface area contributed by atoms with Crippen LogP contribution in [0.2, 0.25) is 5.02 Å². The highest BCUT2D eigenvalue weighted by molar-refractivity contribution is 8.27. The number of thiocarbonyl (C=S) groups is 1. The summed E-state index contributed by atoms with van der Waals surface area (Å²) in [4.78, 5) is 26.8. The number of esters is 1. The van der Waals surface area contributed by atoms with Gasteiger partial charge in [0.25, 0.3) is 5.91 Å². The summed E-state index contributed by atoms with van der Waals surface area (Å²) in [6, 6.07) is 14.7. The summed E-state index contributed by atoms with van der Waals surface area (Å²) < 4.78 is 7.05. The maximum atomic E-state index is 13.0. The average molecular weight is 443 g/mol. The van der Waals surface area contributed by atoms with Gasteiger partial charge in [-0.1, -0.05) is 53.8 Å². The standard InChI is InChI=1S/C21H15ClN2O3S2/c1-27-19(25)12-23-11-13(16-4-2-3-5-17(16)23)10-18-20(26)24(21(28)29-18)15-8-6-14(22)7-9-15/h2-11H,12H2,1H3/b18-10-. The van der Waals surface area contributed by atoms with Crippen LogP contribution in [0.15, 0.2) is 59.6 Å². The SMILES string of the molecule is COC(=O)Cn1cc(/C=C2\SC(=S)N(c3ccc(Cl)cc3)C2=O)c2ccccc21. The summed E-state index contributed by atoms with van der Waals surface area (Å²) in [7, 11) is 1.36. The van der Waals surface area contributed by atoms with Crippen molar-refractivity contribution in [2.75, 3.05) is 12.0 Å². The second-order valence-electron chi connectivity index (χ2n) is 6.30. The van der Waals surface area contributed by atoms with Gasteiger partial charge in [0.15, 0.2) is 4.32 Å².